The number of allylic oxidation sites excluding steroid dienone is 1. The Labute approximate surface area is 135 Å². The lowest BCUT2D eigenvalue weighted by molar-refractivity contribution is 0.102. The molecule has 0 amide bonds. The van der Waals surface area contributed by atoms with Crippen molar-refractivity contribution in [2.24, 2.45) is 0 Å². The molecule has 23 heavy (non-hydrogen) atoms. The van der Waals surface area contributed by atoms with Crippen LogP contribution in [0.2, 0.25) is 0 Å². The first kappa shape index (κ1) is 15.2. The molecule has 4 nitrogen and oxygen atoms in total. The molecule has 4 heteroatoms. The summed E-state index contributed by atoms with van der Waals surface area (Å²) in [6, 6.07) is 10.4. The zero-order valence-corrected chi connectivity index (χ0v) is 13.1. The fourth-order valence-electron chi connectivity index (χ4n) is 2.80. The van der Waals surface area contributed by atoms with Crippen LogP contribution in [0.4, 0.5) is 0 Å². The number of aromatic hydroxyl groups is 1. The van der Waals surface area contributed by atoms with Gasteiger partial charge >= 0.3 is 0 Å². The van der Waals surface area contributed by atoms with E-state index in [1.165, 1.54) is 0 Å². The van der Waals surface area contributed by atoms with Crippen molar-refractivity contribution in [2.75, 3.05) is 14.2 Å². The predicted molar refractivity (Wildman–Crippen MR) is 88.3 cm³/mol. The number of aryl methyl sites for hydroxylation is 1. The van der Waals surface area contributed by atoms with E-state index >= 15 is 0 Å². The molecular weight excluding hydrogens is 292 g/mol. The normalized spacial score (nSPS) is 15.4. The molecule has 0 unspecified atom stereocenters. The van der Waals surface area contributed by atoms with Gasteiger partial charge in [-0.15, -0.1) is 0 Å². The Kier molecular flexibility index (Phi) is 4.06. The van der Waals surface area contributed by atoms with Crippen molar-refractivity contribution in [3.05, 3.63) is 58.7 Å². The van der Waals surface area contributed by atoms with Gasteiger partial charge in [0.15, 0.2) is 17.3 Å². The summed E-state index contributed by atoms with van der Waals surface area (Å²) >= 11 is 0. The van der Waals surface area contributed by atoms with Crippen molar-refractivity contribution < 1.29 is 19.4 Å². The monoisotopic (exact) mass is 310 g/mol. The van der Waals surface area contributed by atoms with E-state index in [1.807, 2.05) is 12.1 Å². The van der Waals surface area contributed by atoms with Crippen molar-refractivity contribution in [3.63, 3.8) is 0 Å². The predicted octanol–water partition coefficient (Wildman–Crippen LogP) is 3.62. The van der Waals surface area contributed by atoms with Crippen molar-refractivity contribution in [3.8, 4) is 17.2 Å². The second kappa shape index (κ2) is 6.16. The van der Waals surface area contributed by atoms with Crippen LogP contribution in [-0.4, -0.2) is 25.1 Å². The minimum atomic E-state index is 0.0141. The Balaban J connectivity index is 1.98. The molecule has 1 aliphatic rings. The maximum absolute atomic E-state index is 12.7. The van der Waals surface area contributed by atoms with Crippen molar-refractivity contribution >= 4 is 11.9 Å². The number of phenols is 1. The van der Waals surface area contributed by atoms with Gasteiger partial charge in [-0.2, -0.15) is 0 Å². The van der Waals surface area contributed by atoms with Crippen LogP contribution in [0.1, 0.15) is 27.9 Å². The summed E-state index contributed by atoms with van der Waals surface area (Å²) < 4.78 is 10.6. The third kappa shape index (κ3) is 2.93. The number of ketones is 1. The van der Waals surface area contributed by atoms with Gasteiger partial charge < -0.3 is 14.6 Å². The Morgan fingerprint density at radius 2 is 1.65 bits per heavy atom. The first-order valence-electron chi connectivity index (χ1n) is 7.41. The Morgan fingerprint density at radius 1 is 1.00 bits per heavy atom. The van der Waals surface area contributed by atoms with Crippen molar-refractivity contribution in [1.82, 2.24) is 0 Å². The van der Waals surface area contributed by atoms with E-state index < -0.39 is 0 Å². The Morgan fingerprint density at radius 3 is 2.30 bits per heavy atom. The first-order valence-corrected chi connectivity index (χ1v) is 7.41. The smallest absolute Gasteiger partial charge is 0.189 e. The molecule has 0 fully saturated rings. The molecule has 2 aromatic carbocycles. The summed E-state index contributed by atoms with van der Waals surface area (Å²) in [6.45, 7) is 0. The fraction of sp³-hybridized carbons (Fsp3) is 0.211. The summed E-state index contributed by atoms with van der Waals surface area (Å²) in [5.41, 5.74) is 3.31. The highest BCUT2D eigenvalue weighted by atomic mass is 16.5. The summed E-state index contributed by atoms with van der Waals surface area (Å²) in [7, 11) is 3.15. The zero-order chi connectivity index (χ0) is 16.4. The number of phenolic OH excluding ortho intramolecular Hbond substituents is 1. The molecule has 0 aromatic heterocycles. The third-order valence-electron chi connectivity index (χ3n) is 4.04. The number of fused-ring (bicyclic) bond motifs is 1. The van der Waals surface area contributed by atoms with Crippen molar-refractivity contribution in [1.29, 1.82) is 0 Å². The summed E-state index contributed by atoms with van der Waals surface area (Å²) in [5, 5.41) is 9.34. The SMILES string of the molecule is COc1cc2c(cc1OC)C(=O)/C(=C\c1ccc(O)cc1)CC2. The van der Waals surface area contributed by atoms with Crippen molar-refractivity contribution in [2.45, 2.75) is 12.8 Å². The number of rotatable bonds is 3. The lowest BCUT2D eigenvalue weighted by Crippen LogP contribution is -2.14. The van der Waals surface area contributed by atoms with Gasteiger partial charge in [0.1, 0.15) is 5.75 Å². The van der Waals surface area contributed by atoms with E-state index in [1.54, 1.807) is 44.6 Å². The number of benzene rings is 2. The summed E-state index contributed by atoms with van der Waals surface area (Å²) in [4.78, 5) is 12.7. The quantitative estimate of drug-likeness (QED) is 0.880. The van der Waals surface area contributed by atoms with Gasteiger partial charge in [-0.05, 0) is 54.3 Å². The van der Waals surface area contributed by atoms with Gasteiger partial charge in [0, 0.05) is 11.1 Å². The second-order valence-corrected chi connectivity index (χ2v) is 5.45. The number of hydrogen-bond acceptors (Lipinski definition) is 4. The molecule has 3 rings (SSSR count). The molecule has 0 spiro atoms. The highest BCUT2D eigenvalue weighted by Gasteiger charge is 2.24. The Bertz CT molecular complexity index is 773. The van der Waals surface area contributed by atoms with E-state index in [0.717, 1.165) is 23.1 Å². The van der Waals surface area contributed by atoms with E-state index in [9.17, 15) is 9.90 Å². The van der Waals surface area contributed by atoms with Crippen LogP contribution >= 0.6 is 0 Å². The molecule has 1 N–H and O–H groups in total. The number of methoxy groups -OCH3 is 2. The molecule has 118 valence electrons. The zero-order valence-electron chi connectivity index (χ0n) is 13.1. The van der Waals surface area contributed by atoms with Gasteiger partial charge in [0.05, 0.1) is 14.2 Å². The molecule has 0 aliphatic heterocycles. The molecule has 0 saturated carbocycles. The fourth-order valence-corrected chi connectivity index (χ4v) is 2.80. The largest absolute Gasteiger partial charge is 0.508 e. The molecule has 2 aromatic rings. The molecule has 0 radical (unpaired) electrons. The van der Waals surface area contributed by atoms with Gasteiger partial charge in [-0.25, -0.2) is 0 Å². The number of carbonyl (C=O) groups excluding carboxylic acids is 1. The van der Waals surface area contributed by atoms with Gasteiger partial charge in [-0.1, -0.05) is 12.1 Å². The van der Waals surface area contributed by atoms with E-state index in [0.29, 0.717) is 23.5 Å². The number of carbonyl (C=O) groups is 1. The molecule has 1 aliphatic carbocycles. The topological polar surface area (TPSA) is 55.8 Å². The molecule has 0 saturated heterocycles. The van der Waals surface area contributed by atoms with Crippen LogP contribution in [-0.2, 0) is 6.42 Å². The van der Waals surface area contributed by atoms with E-state index in [-0.39, 0.29) is 11.5 Å². The average molecular weight is 310 g/mol. The van der Waals surface area contributed by atoms with Crippen LogP contribution in [0.25, 0.3) is 6.08 Å². The maximum Gasteiger partial charge on any atom is 0.189 e. The lowest BCUT2D eigenvalue weighted by atomic mass is 9.85. The minimum Gasteiger partial charge on any atom is -0.508 e. The lowest BCUT2D eigenvalue weighted by Gasteiger charge is -2.20. The van der Waals surface area contributed by atoms with Gasteiger partial charge in [-0.3, -0.25) is 4.79 Å². The average Bonchev–Trinajstić information content (AvgIpc) is 2.58. The third-order valence-corrected chi connectivity index (χ3v) is 4.04. The second-order valence-electron chi connectivity index (χ2n) is 5.45. The maximum atomic E-state index is 12.7. The van der Waals surface area contributed by atoms with Crippen LogP contribution in [0.3, 0.4) is 0 Å². The molecule has 0 atom stereocenters. The van der Waals surface area contributed by atoms with Crippen LogP contribution < -0.4 is 9.47 Å². The molecule has 0 bridgehead atoms. The van der Waals surface area contributed by atoms with E-state index in [4.69, 9.17) is 9.47 Å². The van der Waals surface area contributed by atoms with Gasteiger partial charge in [0.25, 0.3) is 0 Å². The first-order chi connectivity index (χ1) is 11.1. The summed E-state index contributed by atoms with van der Waals surface area (Å²) in [5.74, 6) is 1.43. The number of Topliss-reactive ketones (excluding diaryl/α,β-unsaturated/α-hetero) is 1. The minimum absolute atomic E-state index is 0.0141. The highest BCUT2D eigenvalue weighted by molar-refractivity contribution is 6.13. The summed E-state index contributed by atoms with van der Waals surface area (Å²) in [6.07, 6.45) is 3.34. The van der Waals surface area contributed by atoms with E-state index in [2.05, 4.69) is 0 Å². The van der Waals surface area contributed by atoms with Crippen LogP contribution in [0, 0.1) is 0 Å². The van der Waals surface area contributed by atoms with Gasteiger partial charge in [0.2, 0.25) is 0 Å². The van der Waals surface area contributed by atoms with Crippen LogP contribution in [0.15, 0.2) is 42.0 Å². The molecular formula is C19H18O4. The Hall–Kier alpha value is -2.75. The number of ether oxygens (including phenoxy) is 2. The van der Waals surface area contributed by atoms with Crippen LogP contribution in [0.5, 0.6) is 17.2 Å². The molecule has 0 heterocycles. The highest BCUT2D eigenvalue weighted by Crippen LogP contribution is 2.35. The standard InChI is InChI=1S/C19H18O4/c1-22-17-10-13-5-6-14(9-12-3-7-15(20)8-4-12)19(21)16(13)11-18(17)23-2/h3-4,7-11,20H,5-6H2,1-2H3/b14-9-. The number of hydrogen-bond donors (Lipinski definition) is 1.